The molecule has 2 fully saturated rings. The Morgan fingerprint density at radius 1 is 1.14 bits per heavy atom. The number of hydrogen-bond acceptors (Lipinski definition) is 15. The maximum absolute atomic E-state index is 12.3. The molecule has 0 bridgehead atoms. The lowest BCUT2D eigenvalue weighted by atomic mass is 9.96. The van der Waals surface area contributed by atoms with Gasteiger partial charge < -0.3 is 54.5 Å². The van der Waals surface area contributed by atoms with Crippen LogP contribution >= 0.6 is 15.4 Å². The Hall–Kier alpha value is -1.30. The first-order chi connectivity index (χ1) is 16.6. The van der Waals surface area contributed by atoms with E-state index in [0.29, 0.717) is 0 Å². The summed E-state index contributed by atoms with van der Waals surface area (Å²) in [5, 5.41) is 60.2. The molecule has 36 heavy (non-hydrogen) atoms. The van der Waals surface area contributed by atoms with E-state index >= 15 is 0 Å². The summed E-state index contributed by atoms with van der Waals surface area (Å²) < 4.78 is 44.7. The number of aliphatic hydroxyl groups is 5. The molecule has 2 aliphatic heterocycles. The second-order valence-corrected chi connectivity index (χ2v) is 11.8. The van der Waals surface area contributed by atoms with Gasteiger partial charge in [0.25, 0.3) is 0 Å². The van der Waals surface area contributed by atoms with E-state index in [1.807, 2.05) is 0 Å². The molecule has 0 amide bonds. The summed E-state index contributed by atoms with van der Waals surface area (Å²) in [6, 6.07) is 0. The molecular weight excluding hydrogens is 534 g/mol. The van der Waals surface area contributed by atoms with Gasteiger partial charge in [0.1, 0.15) is 44.3 Å². The normalized spacial score (nSPS) is 36.3. The summed E-state index contributed by atoms with van der Waals surface area (Å²) in [6.45, 7) is -0.255. The van der Waals surface area contributed by atoms with Crippen LogP contribution < -0.4 is 15.7 Å². The molecule has 3 heterocycles. The quantitative estimate of drug-likeness (QED) is 0.156. The van der Waals surface area contributed by atoms with E-state index in [1.165, 1.54) is 13.1 Å². The average Bonchev–Trinajstić information content (AvgIpc) is 3.14. The van der Waals surface area contributed by atoms with Gasteiger partial charge in [-0.1, -0.05) is 0 Å². The molecular formula is C17H26N2O15P2-2. The second-order valence-electron chi connectivity index (χ2n) is 8.36. The van der Waals surface area contributed by atoms with Crippen LogP contribution in [0.1, 0.15) is 18.2 Å². The van der Waals surface area contributed by atoms with Gasteiger partial charge >= 0.3 is 13.5 Å². The molecule has 1 aromatic heterocycles. The van der Waals surface area contributed by atoms with Crippen molar-refractivity contribution in [3.63, 3.8) is 0 Å². The van der Waals surface area contributed by atoms with E-state index in [2.05, 4.69) is 13.8 Å². The molecule has 10 atom stereocenters. The summed E-state index contributed by atoms with van der Waals surface area (Å²) in [4.78, 5) is 37.4. The predicted molar refractivity (Wildman–Crippen MR) is 110 cm³/mol. The van der Waals surface area contributed by atoms with Crippen molar-refractivity contribution >= 4 is 15.4 Å². The van der Waals surface area contributed by atoms with Gasteiger partial charge in [0.15, 0.2) is 0 Å². The van der Waals surface area contributed by atoms with Gasteiger partial charge in [0.2, 0.25) is 0 Å². The van der Waals surface area contributed by atoms with Crippen LogP contribution in [0.4, 0.5) is 0 Å². The molecule has 19 heteroatoms. The molecule has 1 aromatic rings. The Bertz CT molecular complexity index is 1080. The van der Waals surface area contributed by atoms with Crippen molar-refractivity contribution in [3.8, 4) is 5.88 Å². The fourth-order valence-electron chi connectivity index (χ4n) is 3.73. The first-order valence-corrected chi connectivity index (χ1v) is 13.8. The number of aliphatic hydroxyl groups excluding tert-OH is 5. The molecule has 0 aliphatic carbocycles. The van der Waals surface area contributed by atoms with Gasteiger partial charge in [-0.3, -0.25) is 9.09 Å². The second kappa shape index (κ2) is 11.2. The third-order valence-corrected chi connectivity index (χ3v) is 8.73. The van der Waals surface area contributed by atoms with Crippen LogP contribution in [0.25, 0.3) is 0 Å². The lowest BCUT2D eigenvalue weighted by Crippen LogP contribution is -2.59. The monoisotopic (exact) mass is 560 g/mol. The Balaban J connectivity index is 1.59. The Morgan fingerprint density at radius 2 is 1.78 bits per heavy atom. The van der Waals surface area contributed by atoms with Crippen molar-refractivity contribution in [3.05, 3.63) is 22.2 Å². The number of phosphoric ester groups is 1. The van der Waals surface area contributed by atoms with E-state index in [0.717, 1.165) is 4.57 Å². The number of aromatic nitrogens is 2. The number of ether oxygens (including phenoxy) is 2. The molecule has 6 N–H and O–H groups in total. The third kappa shape index (κ3) is 6.76. The van der Waals surface area contributed by atoms with Gasteiger partial charge in [-0.15, -0.1) is 0 Å². The smallest absolute Gasteiger partial charge is 0.477 e. The number of hydrogen-bond donors (Lipinski definition) is 6. The molecule has 2 unspecified atom stereocenters. The third-order valence-electron chi connectivity index (χ3n) is 5.63. The van der Waals surface area contributed by atoms with Gasteiger partial charge in [0.05, 0.1) is 25.4 Å². The fraction of sp³-hybridized carbons (Fsp3) is 0.765. The Kier molecular flexibility index (Phi) is 9.11. The van der Waals surface area contributed by atoms with E-state index in [9.17, 15) is 49.2 Å². The van der Waals surface area contributed by atoms with Crippen molar-refractivity contribution in [2.45, 2.75) is 62.3 Å². The van der Waals surface area contributed by atoms with Gasteiger partial charge in [0, 0.05) is 18.8 Å². The summed E-state index contributed by atoms with van der Waals surface area (Å²) in [7, 11) is -10.6. The standard InChI is InChI=1S/C17H28N2O15P2/c1-7-3-19(17(26)18-16(7)25)12-2-8(21)10(33-12)5-31-36(29,30)34-35(27,28)6-11-14(23)15(24)13(22)9(4-20)32-11/h3,8-15,20-24H,2,4-6H2,1H3,(H,27,28)(H,29,30)(H,18,25,26)/p-2/t8-,9+,10+,11+,12+,13+,14-,15-/m0/s1. The highest BCUT2D eigenvalue weighted by Crippen LogP contribution is 2.58. The summed E-state index contributed by atoms with van der Waals surface area (Å²) in [5.41, 5.74) is -0.813. The summed E-state index contributed by atoms with van der Waals surface area (Å²) in [6.07, 6.45) is -12.6. The molecule has 2 saturated heterocycles. The highest BCUT2D eigenvalue weighted by molar-refractivity contribution is 7.63. The minimum Gasteiger partial charge on any atom is -0.858 e. The van der Waals surface area contributed by atoms with Gasteiger partial charge in [-0.05, 0) is 18.4 Å². The van der Waals surface area contributed by atoms with E-state index in [4.69, 9.17) is 14.6 Å². The van der Waals surface area contributed by atoms with E-state index < -0.39 is 95.3 Å². The highest BCUT2D eigenvalue weighted by Gasteiger charge is 2.45. The van der Waals surface area contributed by atoms with Gasteiger partial charge in [-0.2, -0.15) is 0 Å². The van der Waals surface area contributed by atoms with E-state index in [-0.39, 0.29) is 12.0 Å². The van der Waals surface area contributed by atoms with Crippen LogP contribution in [0.2, 0.25) is 0 Å². The zero-order valence-corrected chi connectivity index (χ0v) is 20.5. The molecule has 0 saturated carbocycles. The Labute approximate surface area is 203 Å². The number of rotatable bonds is 9. The SMILES string of the molecule is Cc1cn([C@H]2C[C@H](O)[C@@H](COP(=O)(O)OP(=O)([O-])C[C@H]3O[C@H](CO)[C@@H](O)[C@H](O)[C@H]3O)O2)c(=O)nc1[O-]. The Morgan fingerprint density at radius 3 is 2.42 bits per heavy atom. The number of nitrogens with zero attached hydrogens (tertiary/aromatic N) is 2. The maximum Gasteiger partial charge on any atom is 0.477 e. The zero-order valence-electron chi connectivity index (χ0n) is 18.7. The molecule has 2 aliphatic rings. The molecule has 206 valence electrons. The zero-order chi connectivity index (χ0) is 27.0. The average molecular weight is 560 g/mol. The van der Waals surface area contributed by atoms with Crippen molar-refractivity contribution < 1.29 is 67.9 Å². The fourth-order valence-corrected chi connectivity index (χ4v) is 6.52. The molecule has 0 radical (unpaired) electrons. The van der Waals surface area contributed by atoms with Crippen LogP contribution in [0.5, 0.6) is 5.88 Å². The van der Waals surface area contributed by atoms with Crippen LogP contribution in [-0.4, -0.2) is 102 Å². The molecule has 0 spiro atoms. The molecule has 3 rings (SSSR count). The maximum atomic E-state index is 12.3. The number of aryl methyl sites for hydroxylation is 1. The molecule has 17 nitrogen and oxygen atoms in total. The minimum absolute atomic E-state index is 0.131. The number of phosphoric acid groups is 1. The predicted octanol–water partition coefficient (Wildman–Crippen LogP) is -4.20. The van der Waals surface area contributed by atoms with Crippen molar-refractivity contribution in [2.75, 3.05) is 19.4 Å². The largest absolute Gasteiger partial charge is 0.858 e. The van der Waals surface area contributed by atoms with Crippen molar-refractivity contribution in [1.82, 2.24) is 9.55 Å². The summed E-state index contributed by atoms with van der Waals surface area (Å²) in [5.74, 6) is -0.737. The van der Waals surface area contributed by atoms with Crippen LogP contribution in [0, 0.1) is 6.92 Å². The van der Waals surface area contributed by atoms with Crippen molar-refractivity contribution in [1.29, 1.82) is 0 Å². The highest BCUT2D eigenvalue weighted by atomic mass is 31.3. The first-order valence-electron chi connectivity index (χ1n) is 10.5. The minimum atomic E-state index is -5.33. The van der Waals surface area contributed by atoms with E-state index in [1.54, 1.807) is 0 Å². The lowest BCUT2D eigenvalue weighted by Gasteiger charge is -2.41. The summed E-state index contributed by atoms with van der Waals surface area (Å²) >= 11 is 0. The lowest BCUT2D eigenvalue weighted by molar-refractivity contribution is -0.276. The topological polar surface area (TPSA) is 273 Å². The van der Waals surface area contributed by atoms with Gasteiger partial charge in [-0.25, -0.2) is 18.7 Å². The van der Waals surface area contributed by atoms with Crippen LogP contribution in [0.15, 0.2) is 11.0 Å². The molecule has 0 aromatic carbocycles. The first kappa shape index (κ1) is 29.3. The van der Waals surface area contributed by atoms with Crippen LogP contribution in [-0.2, 0) is 27.4 Å². The van der Waals surface area contributed by atoms with Crippen molar-refractivity contribution in [2.24, 2.45) is 0 Å². The van der Waals surface area contributed by atoms with Crippen LogP contribution in [0.3, 0.4) is 0 Å².